The Morgan fingerprint density at radius 1 is 1.07 bits per heavy atom. The first-order chi connectivity index (χ1) is 19.5. The second kappa shape index (κ2) is 12.3. The third-order valence-electron chi connectivity index (χ3n) is 6.52. The van der Waals surface area contributed by atoms with Crippen LogP contribution < -0.4 is 24.8 Å². The van der Waals surface area contributed by atoms with E-state index in [9.17, 15) is 4.79 Å². The van der Waals surface area contributed by atoms with E-state index in [2.05, 4.69) is 48.8 Å². The van der Waals surface area contributed by atoms with Crippen LogP contribution in [0.1, 0.15) is 31.0 Å². The van der Waals surface area contributed by atoms with E-state index in [1.54, 1.807) is 11.8 Å². The van der Waals surface area contributed by atoms with Gasteiger partial charge in [-0.1, -0.05) is 42.5 Å². The topological polar surface area (TPSA) is 99.5 Å². The van der Waals surface area contributed by atoms with Crippen molar-refractivity contribution in [3.05, 3.63) is 99.9 Å². The van der Waals surface area contributed by atoms with E-state index in [0.717, 1.165) is 12.0 Å². The summed E-state index contributed by atoms with van der Waals surface area (Å²) >= 11 is 3.68. The molecule has 0 saturated heterocycles. The number of halogens is 1. The fraction of sp³-hybridized carbons (Fsp3) is 0.233. The van der Waals surface area contributed by atoms with Crippen LogP contribution in [-0.2, 0) is 11.2 Å². The van der Waals surface area contributed by atoms with Gasteiger partial charge >= 0.3 is 0 Å². The lowest BCUT2D eigenvalue weighted by molar-refractivity contribution is -0.113. The molecule has 1 aliphatic heterocycles. The van der Waals surface area contributed by atoms with Crippen molar-refractivity contribution in [3.63, 3.8) is 0 Å². The zero-order chi connectivity index (χ0) is 28.1. The van der Waals surface area contributed by atoms with Gasteiger partial charge in [-0.15, -0.1) is 0 Å². The summed E-state index contributed by atoms with van der Waals surface area (Å²) in [4.78, 5) is 18.2. The van der Waals surface area contributed by atoms with E-state index in [4.69, 9.17) is 14.2 Å². The molecule has 10 heteroatoms. The molecule has 2 heterocycles. The molecule has 1 amide bonds. The number of nitrogens with zero attached hydrogens (tertiary/aromatic N) is 3. The fourth-order valence-electron chi connectivity index (χ4n) is 4.69. The van der Waals surface area contributed by atoms with Crippen LogP contribution >= 0.6 is 15.9 Å². The summed E-state index contributed by atoms with van der Waals surface area (Å²) in [5.74, 6) is 1.97. The summed E-state index contributed by atoms with van der Waals surface area (Å²) in [5.41, 5.74) is 3.68. The number of aromatic nitrogens is 3. The quantitative estimate of drug-likeness (QED) is 0.229. The molecule has 3 aromatic carbocycles. The van der Waals surface area contributed by atoms with Gasteiger partial charge in [0.2, 0.25) is 5.95 Å². The second-order valence-corrected chi connectivity index (χ2v) is 9.95. The molecule has 4 aromatic rings. The van der Waals surface area contributed by atoms with Gasteiger partial charge in [0.15, 0.2) is 11.5 Å². The Balaban J connectivity index is 1.47. The number of carbonyl (C=O) groups is 1. The number of allylic oxidation sites excluding steroid dienone is 1. The van der Waals surface area contributed by atoms with Crippen molar-refractivity contribution < 1.29 is 19.0 Å². The van der Waals surface area contributed by atoms with Crippen molar-refractivity contribution in [1.82, 2.24) is 14.8 Å². The Labute approximate surface area is 241 Å². The number of fused-ring (bicyclic) bond motifs is 1. The minimum Gasteiger partial charge on any atom is -0.493 e. The highest BCUT2D eigenvalue weighted by atomic mass is 79.9. The van der Waals surface area contributed by atoms with Crippen LogP contribution in [0.25, 0.3) is 0 Å². The fourth-order valence-corrected chi connectivity index (χ4v) is 5.26. The van der Waals surface area contributed by atoms with Crippen LogP contribution in [0.3, 0.4) is 0 Å². The summed E-state index contributed by atoms with van der Waals surface area (Å²) in [6.45, 7) is 4.71. The molecule has 9 nitrogen and oxygen atoms in total. The summed E-state index contributed by atoms with van der Waals surface area (Å²) in [6, 6.07) is 20.7. The van der Waals surface area contributed by atoms with Crippen LogP contribution in [0.5, 0.6) is 17.2 Å². The van der Waals surface area contributed by atoms with E-state index in [-0.39, 0.29) is 5.91 Å². The largest absolute Gasteiger partial charge is 0.493 e. The van der Waals surface area contributed by atoms with Gasteiger partial charge in [-0.3, -0.25) is 4.79 Å². The smallest absolute Gasteiger partial charge is 0.255 e. The number of para-hydroxylation sites is 2. The average Bonchev–Trinajstić information content (AvgIpc) is 3.42. The number of nitrogens with one attached hydrogen (secondary N) is 2. The predicted octanol–water partition coefficient (Wildman–Crippen LogP) is 6.00. The van der Waals surface area contributed by atoms with Gasteiger partial charge in [0, 0.05) is 12.1 Å². The van der Waals surface area contributed by atoms with E-state index >= 15 is 0 Å². The van der Waals surface area contributed by atoms with Gasteiger partial charge in [0.05, 0.1) is 36.1 Å². The summed E-state index contributed by atoms with van der Waals surface area (Å²) < 4.78 is 20.0. The van der Waals surface area contributed by atoms with Crippen molar-refractivity contribution >= 4 is 33.5 Å². The van der Waals surface area contributed by atoms with Gasteiger partial charge in [0.1, 0.15) is 18.1 Å². The van der Waals surface area contributed by atoms with Crippen molar-refractivity contribution in [2.75, 3.05) is 31.0 Å². The molecule has 0 saturated carbocycles. The van der Waals surface area contributed by atoms with E-state index in [1.165, 1.54) is 11.9 Å². The normalized spacial score (nSPS) is 14.2. The van der Waals surface area contributed by atoms with Crippen LogP contribution in [0.2, 0.25) is 0 Å². The molecule has 2 N–H and O–H groups in total. The zero-order valence-corrected chi connectivity index (χ0v) is 24.1. The van der Waals surface area contributed by atoms with Gasteiger partial charge in [-0.2, -0.15) is 10.1 Å². The Hall–Kier alpha value is -4.31. The first kappa shape index (κ1) is 27.3. The molecule has 1 aromatic heterocycles. The molecule has 1 unspecified atom stereocenters. The van der Waals surface area contributed by atoms with Gasteiger partial charge in [-0.25, -0.2) is 4.68 Å². The molecule has 40 heavy (non-hydrogen) atoms. The van der Waals surface area contributed by atoms with E-state index in [1.807, 2.05) is 68.4 Å². The van der Waals surface area contributed by atoms with Gasteiger partial charge < -0.3 is 24.8 Å². The van der Waals surface area contributed by atoms with Crippen LogP contribution in [0, 0.1) is 0 Å². The highest BCUT2D eigenvalue weighted by molar-refractivity contribution is 9.10. The molecule has 0 bridgehead atoms. The average molecular weight is 605 g/mol. The zero-order valence-electron chi connectivity index (χ0n) is 22.5. The SMILES string of the molecule is CCOc1ccccc1NC(=O)C1=C(C)Nc2ncnn2C1c1cc(Br)c(OCCc2ccccc2)c(OC)c1. The summed E-state index contributed by atoms with van der Waals surface area (Å²) in [5, 5.41) is 10.7. The minimum atomic E-state index is -0.582. The Kier molecular flexibility index (Phi) is 8.35. The third kappa shape index (κ3) is 5.67. The minimum absolute atomic E-state index is 0.290. The molecule has 0 aliphatic carbocycles. The van der Waals surface area contributed by atoms with Crippen LogP contribution in [-0.4, -0.2) is 41.0 Å². The molecule has 0 fully saturated rings. The van der Waals surface area contributed by atoms with Crippen molar-refractivity contribution in [1.29, 1.82) is 0 Å². The summed E-state index contributed by atoms with van der Waals surface area (Å²) in [7, 11) is 1.60. The number of benzene rings is 3. The third-order valence-corrected chi connectivity index (χ3v) is 7.11. The standard InChI is InChI=1S/C30H30BrN5O4/c1-4-39-24-13-9-8-12-23(24)35-29(37)26-19(2)34-30-32-18-33-36(30)27(26)21-16-22(31)28(25(17-21)38-3)40-15-14-20-10-6-5-7-11-20/h5-13,16-18,27H,4,14-15H2,1-3H3,(H,35,37)(H,32,33,34). The van der Waals surface area contributed by atoms with Crippen LogP contribution in [0.15, 0.2) is 88.8 Å². The molecule has 0 spiro atoms. The highest BCUT2D eigenvalue weighted by Gasteiger charge is 2.34. The maximum absolute atomic E-state index is 13.8. The Bertz CT molecular complexity index is 1540. The number of anilines is 2. The maximum atomic E-state index is 13.8. The molecule has 0 radical (unpaired) electrons. The lowest BCUT2D eigenvalue weighted by atomic mass is 9.94. The number of amides is 1. The Morgan fingerprint density at radius 3 is 2.62 bits per heavy atom. The lowest BCUT2D eigenvalue weighted by Crippen LogP contribution is -2.31. The number of carbonyl (C=O) groups excluding carboxylic acids is 1. The predicted molar refractivity (Wildman–Crippen MR) is 157 cm³/mol. The van der Waals surface area contributed by atoms with Crippen molar-refractivity contribution in [3.8, 4) is 17.2 Å². The maximum Gasteiger partial charge on any atom is 0.255 e. The number of hydrogen-bond donors (Lipinski definition) is 2. The monoisotopic (exact) mass is 603 g/mol. The molecule has 1 atom stereocenters. The molecule has 206 valence electrons. The number of ether oxygens (including phenoxy) is 3. The van der Waals surface area contributed by atoms with Gasteiger partial charge in [0.25, 0.3) is 5.91 Å². The van der Waals surface area contributed by atoms with E-state index in [0.29, 0.717) is 57.8 Å². The first-order valence-electron chi connectivity index (χ1n) is 12.9. The lowest BCUT2D eigenvalue weighted by Gasteiger charge is -2.29. The van der Waals surface area contributed by atoms with Crippen LogP contribution in [0.4, 0.5) is 11.6 Å². The molecule has 5 rings (SSSR count). The summed E-state index contributed by atoms with van der Waals surface area (Å²) in [6.07, 6.45) is 2.21. The first-order valence-corrected chi connectivity index (χ1v) is 13.7. The molecular formula is C30H30BrN5O4. The second-order valence-electron chi connectivity index (χ2n) is 9.10. The van der Waals surface area contributed by atoms with Crippen molar-refractivity contribution in [2.24, 2.45) is 0 Å². The number of hydrogen-bond acceptors (Lipinski definition) is 7. The van der Waals surface area contributed by atoms with Crippen molar-refractivity contribution in [2.45, 2.75) is 26.3 Å². The number of rotatable bonds is 10. The van der Waals surface area contributed by atoms with E-state index < -0.39 is 6.04 Å². The molecule has 1 aliphatic rings. The highest BCUT2D eigenvalue weighted by Crippen LogP contribution is 2.43. The van der Waals surface area contributed by atoms with Gasteiger partial charge in [-0.05, 0) is 65.2 Å². The molecular weight excluding hydrogens is 574 g/mol. The number of methoxy groups -OCH3 is 1. The Morgan fingerprint density at radius 2 is 1.85 bits per heavy atom.